The highest BCUT2D eigenvalue weighted by Gasteiger charge is 2.05. The molecule has 2 aromatic rings. The molecule has 8 heteroatoms. The van der Waals surface area contributed by atoms with Crippen molar-refractivity contribution in [1.82, 2.24) is 10.3 Å². The summed E-state index contributed by atoms with van der Waals surface area (Å²) in [6, 6.07) is 12.0. The maximum absolute atomic E-state index is 5.75. The Morgan fingerprint density at radius 1 is 1.13 bits per heavy atom. The van der Waals surface area contributed by atoms with Crippen LogP contribution in [0.3, 0.4) is 0 Å². The van der Waals surface area contributed by atoms with E-state index in [1.807, 2.05) is 30.5 Å². The normalized spacial score (nSPS) is 10.9. The predicted octanol–water partition coefficient (Wildman–Crippen LogP) is 4.15. The average Bonchev–Trinajstić information content (AvgIpc) is 2.76. The largest absolute Gasteiger partial charge is 0.493 e. The molecule has 0 aliphatic heterocycles. The van der Waals surface area contributed by atoms with Gasteiger partial charge < -0.3 is 25.0 Å². The van der Waals surface area contributed by atoms with E-state index in [4.69, 9.17) is 9.47 Å². The minimum Gasteiger partial charge on any atom is -0.493 e. The summed E-state index contributed by atoms with van der Waals surface area (Å²) in [5, 5.41) is 6.61. The lowest BCUT2D eigenvalue weighted by Crippen LogP contribution is -2.30. The molecule has 0 amide bonds. The lowest BCUT2D eigenvalue weighted by molar-refractivity contribution is 0.172. The fourth-order valence-electron chi connectivity index (χ4n) is 2.81. The number of rotatable bonds is 11. The van der Waals surface area contributed by atoms with Crippen molar-refractivity contribution in [3.05, 3.63) is 48.2 Å². The second kappa shape index (κ2) is 14.8. The van der Waals surface area contributed by atoms with Gasteiger partial charge in [-0.2, -0.15) is 0 Å². The van der Waals surface area contributed by atoms with Crippen LogP contribution in [0.1, 0.15) is 25.8 Å². The molecule has 0 unspecified atom stereocenters. The summed E-state index contributed by atoms with van der Waals surface area (Å²) in [6.45, 7) is 8.13. The van der Waals surface area contributed by atoms with Crippen LogP contribution in [0.5, 0.6) is 5.75 Å². The number of guanidine groups is 1. The summed E-state index contributed by atoms with van der Waals surface area (Å²) in [4.78, 5) is 11.1. The first-order valence-corrected chi connectivity index (χ1v) is 10.1. The highest BCUT2D eigenvalue weighted by Crippen LogP contribution is 2.17. The monoisotopic (exact) mass is 527 g/mol. The molecule has 0 fully saturated rings. The lowest BCUT2D eigenvalue weighted by atomic mass is 10.2. The second-order valence-electron chi connectivity index (χ2n) is 6.47. The van der Waals surface area contributed by atoms with Gasteiger partial charge in [0.2, 0.25) is 0 Å². The van der Waals surface area contributed by atoms with Crippen molar-refractivity contribution >= 4 is 41.4 Å². The number of hydrogen-bond acceptors (Lipinski definition) is 5. The van der Waals surface area contributed by atoms with Crippen molar-refractivity contribution in [1.29, 1.82) is 0 Å². The van der Waals surface area contributed by atoms with E-state index in [2.05, 4.69) is 51.5 Å². The number of benzene rings is 1. The zero-order chi connectivity index (χ0) is 20.9. The van der Waals surface area contributed by atoms with Crippen molar-refractivity contribution in [2.45, 2.75) is 26.8 Å². The number of halogens is 1. The molecule has 0 bridgehead atoms. The number of nitrogens with one attached hydrogen (secondary N) is 2. The molecule has 0 saturated carbocycles. The van der Waals surface area contributed by atoms with E-state index in [-0.39, 0.29) is 24.0 Å². The number of methoxy groups -OCH3 is 1. The van der Waals surface area contributed by atoms with Gasteiger partial charge in [0.15, 0.2) is 5.96 Å². The van der Waals surface area contributed by atoms with Crippen LogP contribution < -0.4 is 20.3 Å². The first-order chi connectivity index (χ1) is 14.2. The zero-order valence-corrected chi connectivity index (χ0v) is 20.7. The van der Waals surface area contributed by atoms with Gasteiger partial charge in [-0.3, -0.25) is 4.99 Å². The molecule has 30 heavy (non-hydrogen) atoms. The van der Waals surface area contributed by atoms with Gasteiger partial charge >= 0.3 is 0 Å². The molecular formula is C22H34IN5O2. The van der Waals surface area contributed by atoms with E-state index >= 15 is 0 Å². The van der Waals surface area contributed by atoms with Crippen LogP contribution in [0.25, 0.3) is 0 Å². The van der Waals surface area contributed by atoms with Crippen molar-refractivity contribution in [3.8, 4) is 5.75 Å². The highest BCUT2D eigenvalue weighted by atomic mass is 127. The van der Waals surface area contributed by atoms with Crippen LogP contribution in [0.2, 0.25) is 0 Å². The van der Waals surface area contributed by atoms with E-state index in [9.17, 15) is 0 Å². The fourth-order valence-corrected chi connectivity index (χ4v) is 2.81. The molecule has 0 radical (unpaired) electrons. The van der Waals surface area contributed by atoms with Crippen molar-refractivity contribution in [2.75, 3.05) is 50.7 Å². The van der Waals surface area contributed by atoms with Crippen molar-refractivity contribution in [3.63, 3.8) is 0 Å². The van der Waals surface area contributed by atoms with Crippen molar-refractivity contribution < 1.29 is 9.47 Å². The highest BCUT2D eigenvalue weighted by molar-refractivity contribution is 14.0. The molecule has 1 aromatic heterocycles. The molecular weight excluding hydrogens is 493 g/mol. The molecule has 0 spiro atoms. The zero-order valence-electron chi connectivity index (χ0n) is 18.4. The number of anilines is 2. The van der Waals surface area contributed by atoms with Gasteiger partial charge in [0, 0.05) is 64.8 Å². The number of ether oxygens (including phenoxy) is 2. The smallest absolute Gasteiger partial charge is 0.195 e. The molecule has 166 valence electrons. The van der Waals surface area contributed by atoms with E-state index in [1.165, 1.54) is 0 Å². The first-order valence-electron chi connectivity index (χ1n) is 10.1. The van der Waals surface area contributed by atoms with Crippen LogP contribution in [-0.2, 0) is 11.3 Å². The van der Waals surface area contributed by atoms with Crippen LogP contribution in [-0.4, -0.2) is 51.4 Å². The number of aliphatic imine (C=N–C) groups is 1. The summed E-state index contributed by atoms with van der Waals surface area (Å²) in [6.07, 6.45) is 2.76. The second-order valence-corrected chi connectivity index (χ2v) is 6.47. The first kappa shape index (κ1) is 26.0. The Hall–Kier alpha value is -2.07. The number of nitrogens with zero attached hydrogens (tertiary/aromatic N) is 3. The lowest BCUT2D eigenvalue weighted by Gasteiger charge is -2.19. The van der Waals surface area contributed by atoms with Crippen LogP contribution in [0.4, 0.5) is 11.5 Å². The van der Waals surface area contributed by atoms with Crippen molar-refractivity contribution in [2.24, 2.45) is 4.99 Å². The van der Waals surface area contributed by atoms with E-state index < -0.39 is 0 Å². The fraction of sp³-hybridized carbons (Fsp3) is 0.455. The van der Waals surface area contributed by atoms with Crippen LogP contribution in [0, 0.1) is 0 Å². The summed E-state index contributed by atoms with van der Waals surface area (Å²) in [5.74, 6) is 2.51. The molecule has 2 rings (SSSR count). The Balaban J connectivity index is 0.00000450. The van der Waals surface area contributed by atoms with Gasteiger partial charge in [-0.15, -0.1) is 24.0 Å². The van der Waals surface area contributed by atoms with Crippen LogP contribution >= 0.6 is 24.0 Å². The molecule has 0 aliphatic carbocycles. The summed E-state index contributed by atoms with van der Waals surface area (Å²) >= 11 is 0. The van der Waals surface area contributed by atoms with E-state index in [0.717, 1.165) is 42.3 Å². The van der Waals surface area contributed by atoms with Gasteiger partial charge in [-0.05, 0) is 37.6 Å². The Bertz CT molecular complexity index is 751. The van der Waals surface area contributed by atoms with Gasteiger partial charge in [-0.25, -0.2) is 4.98 Å². The van der Waals surface area contributed by atoms with E-state index in [0.29, 0.717) is 25.7 Å². The standard InChI is InChI=1S/C22H33N5O2.HI/c1-5-27(6-2)21-12-11-18(16-24-21)17-25-22(23-3)26-19-9-7-10-20(15-19)29-14-8-13-28-4;/h7,9-12,15-16H,5-6,8,13-14,17H2,1-4H3,(H2,23,25,26);1H. The van der Waals surface area contributed by atoms with E-state index in [1.54, 1.807) is 14.2 Å². The molecule has 0 aliphatic rings. The SMILES string of the molecule is CCN(CC)c1ccc(CNC(=NC)Nc2cccc(OCCCOC)c2)cn1.I. The third-order valence-electron chi connectivity index (χ3n) is 4.44. The Kier molecular flexibility index (Phi) is 12.8. The molecule has 2 N–H and O–H groups in total. The molecule has 1 heterocycles. The minimum atomic E-state index is 0. The number of aromatic nitrogens is 1. The van der Waals surface area contributed by atoms with Gasteiger partial charge in [0.05, 0.1) is 6.61 Å². The Labute approximate surface area is 197 Å². The predicted molar refractivity (Wildman–Crippen MR) is 135 cm³/mol. The molecule has 0 saturated heterocycles. The molecule has 7 nitrogen and oxygen atoms in total. The Morgan fingerprint density at radius 3 is 2.57 bits per heavy atom. The summed E-state index contributed by atoms with van der Waals surface area (Å²) in [5.41, 5.74) is 2.01. The topological polar surface area (TPSA) is 71.0 Å². The third-order valence-corrected chi connectivity index (χ3v) is 4.44. The summed E-state index contributed by atoms with van der Waals surface area (Å²) in [7, 11) is 3.45. The average molecular weight is 527 g/mol. The summed E-state index contributed by atoms with van der Waals surface area (Å²) < 4.78 is 10.8. The van der Waals surface area contributed by atoms with Gasteiger partial charge in [-0.1, -0.05) is 12.1 Å². The number of hydrogen-bond donors (Lipinski definition) is 2. The quantitative estimate of drug-likeness (QED) is 0.198. The van der Waals surface area contributed by atoms with Gasteiger partial charge in [0.1, 0.15) is 11.6 Å². The number of pyridine rings is 1. The maximum Gasteiger partial charge on any atom is 0.195 e. The van der Waals surface area contributed by atoms with Crippen LogP contribution in [0.15, 0.2) is 47.6 Å². The third kappa shape index (κ3) is 8.74. The minimum absolute atomic E-state index is 0. The molecule has 0 atom stereocenters. The maximum atomic E-state index is 5.75. The van der Waals surface area contributed by atoms with Gasteiger partial charge in [0.25, 0.3) is 0 Å². The molecule has 1 aromatic carbocycles. The Morgan fingerprint density at radius 2 is 1.93 bits per heavy atom.